The molecule has 1 aromatic rings. The van der Waals surface area contributed by atoms with Crippen molar-refractivity contribution < 1.29 is 4.21 Å². The van der Waals surface area contributed by atoms with Crippen molar-refractivity contribution in [3.05, 3.63) is 32.9 Å². The first-order chi connectivity index (χ1) is 7.30. The molecule has 1 aromatic carbocycles. The minimum atomic E-state index is -1.18. The Morgan fingerprint density at radius 2 is 2.00 bits per heavy atom. The fourth-order valence-corrected chi connectivity index (χ4v) is 2.03. The predicted octanol–water partition coefficient (Wildman–Crippen LogP) is 3.48. The van der Waals surface area contributed by atoms with Gasteiger partial charge in [-0.1, -0.05) is 12.1 Å². The first kappa shape index (κ1) is 13.8. The number of hydrogen-bond donors (Lipinski definition) is 0. The van der Waals surface area contributed by atoms with E-state index >= 15 is 0 Å². The van der Waals surface area contributed by atoms with Crippen molar-refractivity contribution in [1.82, 2.24) is 0 Å². The average molecular weight is 349 g/mol. The summed E-state index contributed by atoms with van der Waals surface area (Å²) >= 11 is 2.29. The summed E-state index contributed by atoms with van der Waals surface area (Å²) in [6, 6.07) is 6.07. The largest absolute Gasteiger partial charge is 0.234 e. The maximum atomic E-state index is 11.7. The lowest BCUT2D eigenvalue weighted by atomic mass is 10.2. The summed E-state index contributed by atoms with van der Waals surface area (Å²) in [7, 11) is -1.18. The number of aryl methyl sites for hydroxylation is 1. The Bertz CT molecular complexity index is 435. The summed E-state index contributed by atoms with van der Waals surface area (Å²) in [5.41, 5.74) is 2.24. The van der Waals surface area contributed by atoms with Gasteiger partial charge in [0, 0.05) is 9.78 Å². The molecular formula is C12H16INOS. The van der Waals surface area contributed by atoms with Gasteiger partial charge in [0.25, 0.3) is 0 Å². The molecule has 0 radical (unpaired) electrons. The third kappa shape index (κ3) is 3.97. The molecule has 0 unspecified atom stereocenters. The Kier molecular flexibility index (Phi) is 4.67. The van der Waals surface area contributed by atoms with Gasteiger partial charge in [-0.15, -0.1) is 0 Å². The molecule has 0 fully saturated rings. The van der Waals surface area contributed by atoms with Crippen molar-refractivity contribution in [2.75, 3.05) is 0 Å². The van der Waals surface area contributed by atoms with E-state index in [9.17, 15) is 4.21 Å². The molecule has 0 aliphatic carbocycles. The average Bonchev–Trinajstić information content (AvgIpc) is 2.18. The van der Waals surface area contributed by atoms with Gasteiger partial charge in [0.15, 0.2) is 0 Å². The van der Waals surface area contributed by atoms with E-state index in [0.717, 1.165) is 5.56 Å². The van der Waals surface area contributed by atoms with E-state index in [1.165, 1.54) is 9.13 Å². The number of rotatable bonds is 2. The van der Waals surface area contributed by atoms with Crippen molar-refractivity contribution in [3.63, 3.8) is 0 Å². The van der Waals surface area contributed by atoms with Gasteiger partial charge < -0.3 is 0 Å². The zero-order valence-corrected chi connectivity index (χ0v) is 12.9. The maximum absolute atomic E-state index is 11.7. The molecule has 0 amide bonds. The molecule has 0 bridgehead atoms. The van der Waals surface area contributed by atoms with Crippen molar-refractivity contribution in [2.45, 2.75) is 32.4 Å². The first-order valence-electron chi connectivity index (χ1n) is 5.03. The first-order valence-corrected chi connectivity index (χ1v) is 7.21. The lowest BCUT2D eigenvalue weighted by Crippen LogP contribution is -2.19. The van der Waals surface area contributed by atoms with Crippen molar-refractivity contribution in [3.8, 4) is 0 Å². The molecule has 0 aromatic heterocycles. The van der Waals surface area contributed by atoms with Gasteiger partial charge in [-0.2, -0.15) is 4.40 Å². The van der Waals surface area contributed by atoms with Crippen LogP contribution in [0.2, 0.25) is 0 Å². The van der Waals surface area contributed by atoms with Crippen LogP contribution in [0.3, 0.4) is 0 Å². The normalized spacial score (nSPS) is 14.3. The smallest absolute Gasteiger partial charge is 0.144 e. The van der Waals surface area contributed by atoms with Crippen molar-refractivity contribution in [1.29, 1.82) is 0 Å². The summed E-state index contributed by atoms with van der Waals surface area (Å²) in [5.74, 6) is 0. The Balaban J connectivity index is 2.85. The Labute approximate surface area is 113 Å². The van der Waals surface area contributed by atoms with E-state index in [2.05, 4.69) is 33.9 Å². The van der Waals surface area contributed by atoms with Gasteiger partial charge in [0.2, 0.25) is 0 Å². The number of benzene rings is 1. The highest BCUT2D eigenvalue weighted by Gasteiger charge is 2.17. The standard InChI is InChI=1S/C12H16INOS/c1-9-5-6-10(7-11(9)13)8-14-16(15)12(2,3)4/h5-8H,1-4H3/t16-/m1/s1. The summed E-state index contributed by atoms with van der Waals surface area (Å²) in [5, 5.41) is 0. The summed E-state index contributed by atoms with van der Waals surface area (Å²) in [6.07, 6.45) is 1.68. The summed E-state index contributed by atoms with van der Waals surface area (Å²) in [6.45, 7) is 7.81. The van der Waals surface area contributed by atoms with E-state index < -0.39 is 11.0 Å². The summed E-state index contributed by atoms with van der Waals surface area (Å²) in [4.78, 5) is 0. The Hall–Kier alpha value is -0.230. The molecule has 0 N–H and O–H groups in total. The molecule has 0 heterocycles. The van der Waals surface area contributed by atoms with Gasteiger partial charge >= 0.3 is 0 Å². The molecule has 0 saturated carbocycles. The highest BCUT2D eigenvalue weighted by atomic mass is 127. The van der Waals surface area contributed by atoms with Crippen LogP contribution in [0.4, 0.5) is 0 Å². The Morgan fingerprint density at radius 3 is 2.50 bits per heavy atom. The van der Waals surface area contributed by atoms with Crippen LogP contribution in [0.25, 0.3) is 0 Å². The van der Waals surface area contributed by atoms with E-state index in [1.807, 2.05) is 39.0 Å². The SMILES string of the molecule is Cc1ccc(C=N[S@](=O)C(C)(C)C)cc1I. The van der Waals surface area contributed by atoms with Crippen LogP contribution >= 0.6 is 22.6 Å². The number of hydrogen-bond acceptors (Lipinski definition) is 1. The van der Waals surface area contributed by atoms with Crippen molar-refractivity contribution >= 4 is 39.8 Å². The molecule has 88 valence electrons. The molecule has 1 atom stereocenters. The third-order valence-electron chi connectivity index (χ3n) is 2.02. The molecule has 0 aliphatic rings. The van der Waals surface area contributed by atoms with E-state index in [-0.39, 0.29) is 4.75 Å². The second kappa shape index (κ2) is 5.40. The second-order valence-corrected chi connectivity index (χ2v) is 7.70. The minimum Gasteiger partial charge on any atom is -0.234 e. The maximum Gasteiger partial charge on any atom is 0.144 e. The zero-order chi connectivity index (χ0) is 12.3. The highest BCUT2D eigenvalue weighted by Crippen LogP contribution is 2.14. The van der Waals surface area contributed by atoms with Gasteiger partial charge in [0.1, 0.15) is 11.0 Å². The van der Waals surface area contributed by atoms with E-state index in [1.54, 1.807) is 6.21 Å². The van der Waals surface area contributed by atoms with Gasteiger partial charge in [-0.25, -0.2) is 4.21 Å². The van der Waals surface area contributed by atoms with Gasteiger partial charge in [0.05, 0.1) is 4.75 Å². The molecule has 0 saturated heterocycles. The second-order valence-electron chi connectivity index (χ2n) is 4.60. The van der Waals surface area contributed by atoms with Crippen molar-refractivity contribution in [2.24, 2.45) is 4.40 Å². The van der Waals surface area contributed by atoms with E-state index in [4.69, 9.17) is 0 Å². The highest BCUT2D eigenvalue weighted by molar-refractivity contribution is 14.1. The zero-order valence-electron chi connectivity index (χ0n) is 9.95. The van der Waals surface area contributed by atoms with E-state index in [0.29, 0.717) is 0 Å². The van der Waals surface area contributed by atoms with Crippen LogP contribution in [0.1, 0.15) is 31.9 Å². The number of nitrogens with zero attached hydrogens (tertiary/aromatic N) is 1. The molecule has 16 heavy (non-hydrogen) atoms. The topological polar surface area (TPSA) is 29.4 Å². The van der Waals surface area contributed by atoms with Crippen LogP contribution in [-0.2, 0) is 11.0 Å². The molecule has 4 heteroatoms. The summed E-state index contributed by atoms with van der Waals surface area (Å²) < 4.78 is 16.7. The Morgan fingerprint density at radius 1 is 1.38 bits per heavy atom. The van der Waals surface area contributed by atoms with Crippen LogP contribution < -0.4 is 0 Å². The van der Waals surface area contributed by atoms with Gasteiger partial charge in [-0.05, 0) is 67.5 Å². The van der Waals surface area contributed by atoms with Crippen LogP contribution in [0.5, 0.6) is 0 Å². The van der Waals surface area contributed by atoms with Crippen LogP contribution in [0.15, 0.2) is 22.6 Å². The fraction of sp³-hybridized carbons (Fsp3) is 0.417. The third-order valence-corrected chi connectivity index (χ3v) is 4.52. The minimum absolute atomic E-state index is 0.297. The monoisotopic (exact) mass is 349 g/mol. The van der Waals surface area contributed by atoms with Crippen LogP contribution in [0, 0.1) is 10.5 Å². The molecule has 0 aliphatic heterocycles. The van der Waals surface area contributed by atoms with Gasteiger partial charge in [-0.3, -0.25) is 0 Å². The quantitative estimate of drug-likeness (QED) is 0.594. The number of halogens is 1. The lowest BCUT2D eigenvalue weighted by Gasteiger charge is -2.12. The molecule has 2 nitrogen and oxygen atoms in total. The predicted molar refractivity (Wildman–Crippen MR) is 79.4 cm³/mol. The van der Waals surface area contributed by atoms with Crippen LogP contribution in [-0.4, -0.2) is 15.2 Å². The molecular weight excluding hydrogens is 333 g/mol. The fourth-order valence-electron chi connectivity index (χ4n) is 0.956. The molecule has 1 rings (SSSR count). The lowest BCUT2D eigenvalue weighted by molar-refractivity contribution is 0.651. The molecule has 0 spiro atoms.